The molecular weight excluding hydrogens is 332 g/mol. The van der Waals surface area contributed by atoms with Gasteiger partial charge in [-0.3, -0.25) is 4.79 Å². The highest BCUT2D eigenvalue weighted by Crippen LogP contribution is 2.15. The Bertz CT molecular complexity index is 529. The van der Waals surface area contributed by atoms with Gasteiger partial charge >= 0.3 is 0 Å². The van der Waals surface area contributed by atoms with Crippen LogP contribution in [0.3, 0.4) is 0 Å². The minimum Gasteiger partial charge on any atom is -1.00 e. The SMILES string of the molecule is O=C(C[n+]1cccc(O)c1)Nc1cccc(Br)c1.[Cl-]. The maximum absolute atomic E-state index is 11.8. The third-order valence-electron chi connectivity index (χ3n) is 2.28. The van der Waals surface area contributed by atoms with E-state index in [1.54, 1.807) is 22.9 Å². The molecule has 0 aliphatic carbocycles. The standard InChI is InChI=1S/C13H11BrN2O2.ClH/c14-10-3-1-4-11(7-10)15-13(18)9-16-6-2-5-12(17)8-16;/h1-8H,9H2,(H-,15,17,18);1H. The predicted octanol–water partition coefficient (Wildman–Crippen LogP) is -0.915. The van der Waals surface area contributed by atoms with Crippen LogP contribution < -0.4 is 22.3 Å². The third-order valence-corrected chi connectivity index (χ3v) is 2.77. The van der Waals surface area contributed by atoms with Gasteiger partial charge in [0.25, 0.3) is 5.91 Å². The first-order chi connectivity index (χ1) is 8.63. The van der Waals surface area contributed by atoms with Crippen molar-refractivity contribution in [3.05, 3.63) is 53.3 Å². The topological polar surface area (TPSA) is 53.2 Å². The van der Waals surface area contributed by atoms with Gasteiger partial charge in [-0.15, -0.1) is 0 Å². The van der Waals surface area contributed by atoms with E-state index in [0.29, 0.717) is 0 Å². The van der Waals surface area contributed by atoms with Crippen LogP contribution in [-0.2, 0) is 11.3 Å². The Morgan fingerprint density at radius 3 is 2.79 bits per heavy atom. The maximum atomic E-state index is 11.8. The van der Waals surface area contributed by atoms with E-state index in [4.69, 9.17) is 0 Å². The first kappa shape index (κ1) is 15.5. The maximum Gasteiger partial charge on any atom is 0.290 e. The fraction of sp³-hybridized carbons (Fsp3) is 0.0769. The van der Waals surface area contributed by atoms with Crippen molar-refractivity contribution in [3.8, 4) is 5.75 Å². The lowest BCUT2D eigenvalue weighted by Crippen LogP contribution is -3.00. The van der Waals surface area contributed by atoms with Crippen LogP contribution in [-0.4, -0.2) is 11.0 Å². The minimum absolute atomic E-state index is 0. The first-order valence-corrected chi connectivity index (χ1v) is 6.16. The molecule has 6 heteroatoms. The molecule has 19 heavy (non-hydrogen) atoms. The summed E-state index contributed by atoms with van der Waals surface area (Å²) in [5, 5.41) is 12.1. The number of pyridine rings is 1. The summed E-state index contributed by atoms with van der Waals surface area (Å²) < 4.78 is 2.52. The largest absolute Gasteiger partial charge is 1.00 e. The Balaban J connectivity index is 0.00000180. The summed E-state index contributed by atoms with van der Waals surface area (Å²) in [4.78, 5) is 11.8. The van der Waals surface area contributed by atoms with Gasteiger partial charge in [0.15, 0.2) is 11.9 Å². The first-order valence-electron chi connectivity index (χ1n) is 5.37. The molecule has 1 aromatic carbocycles. The molecule has 2 aromatic rings. The zero-order valence-electron chi connectivity index (χ0n) is 9.88. The van der Waals surface area contributed by atoms with Crippen LogP contribution in [0.2, 0.25) is 0 Å². The van der Waals surface area contributed by atoms with Gasteiger partial charge in [-0.05, 0) is 24.3 Å². The van der Waals surface area contributed by atoms with Crippen LogP contribution in [0.25, 0.3) is 0 Å². The predicted molar refractivity (Wildman–Crippen MR) is 71.1 cm³/mol. The van der Waals surface area contributed by atoms with E-state index < -0.39 is 0 Å². The lowest BCUT2D eigenvalue weighted by molar-refractivity contribution is -0.684. The van der Waals surface area contributed by atoms with E-state index in [2.05, 4.69) is 21.2 Å². The van der Waals surface area contributed by atoms with Gasteiger partial charge in [-0.1, -0.05) is 22.0 Å². The van der Waals surface area contributed by atoms with Crippen LogP contribution in [0, 0.1) is 0 Å². The molecule has 2 rings (SSSR count). The molecule has 0 spiro atoms. The number of nitrogens with one attached hydrogen (secondary N) is 1. The van der Waals surface area contributed by atoms with Crippen molar-refractivity contribution in [1.82, 2.24) is 0 Å². The summed E-state index contributed by atoms with van der Waals surface area (Å²) in [5.74, 6) is -0.0172. The van der Waals surface area contributed by atoms with Gasteiger partial charge < -0.3 is 22.8 Å². The molecule has 0 unspecified atom stereocenters. The lowest BCUT2D eigenvalue weighted by Gasteiger charge is -2.03. The second kappa shape index (κ2) is 7.11. The smallest absolute Gasteiger partial charge is 0.290 e. The van der Waals surface area contributed by atoms with Crippen molar-refractivity contribution in [2.45, 2.75) is 6.54 Å². The fourth-order valence-electron chi connectivity index (χ4n) is 1.54. The van der Waals surface area contributed by atoms with Crippen LogP contribution in [0.4, 0.5) is 5.69 Å². The number of carbonyl (C=O) groups excluding carboxylic acids is 1. The fourth-order valence-corrected chi connectivity index (χ4v) is 1.94. The zero-order chi connectivity index (χ0) is 13.0. The van der Waals surface area contributed by atoms with Gasteiger partial charge in [0.2, 0.25) is 12.7 Å². The number of nitrogens with zero attached hydrogens (tertiary/aromatic N) is 1. The van der Waals surface area contributed by atoms with Gasteiger partial charge in [0.1, 0.15) is 0 Å². The molecule has 0 fully saturated rings. The molecule has 0 saturated carbocycles. The van der Waals surface area contributed by atoms with Gasteiger partial charge in [-0.25, -0.2) is 0 Å². The summed E-state index contributed by atoms with van der Waals surface area (Å²) in [6, 6.07) is 10.6. The molecule has 1 heterocycles. The van der Waals surface area contributed by atoms with Crippen molar-refractivity contribution >= 4 is 27.5 Å². The van der Waals surface area contributed by atoms with Gasteiger partial charge in [0, 0.05) is 16.2 Å². The van der Waals surface area contributed by atoms with Crippen LogP contribution in [0.1, 0.15) is 0 Å². The number of aromatic hydroxyl groups is 1. The number of aromatic nitrogens is 1. The molecule has 0 aliphatic rings. The van der Waals surface area contributed by atoms with E-state index in [1.807, 2.05) is 24.3 Å². The second-order valence-corrected chi connectivity index (χ2v) is 4.71. The average molecular weight is 344 g/mol. The van der Waals surface area contributed by atoms with E-state index in [1.165, 1.54) is 6.20 Å². The quantitative estimate of drug-likeness (QED) is 0.709. The molecule has 4 nitrogen and oxygen atoms in total. The Morgan fingerprint density at radius 1 is 1.32 bits per heavy atom. The molecular formula is C13H12BrClN2O2. The summed E-state index contributed by atoms with van der Waals surface area (Å²) >= 11 is 3.34. The van der Waals surface area contributed by atoms with Gasteiger partial charge in [-0.2, -0.15) is 4.57 Å². The molecule has 0 radical (unpaired) electrons. The number of amides is 1. The molecule has 0 aliphatic heterocycles. The van der Waals surface area contributed by atoms with E-state index in [-0.39, 0.29) is 30.6 Å². The van der Waals surface area contributed by atoms with E-state index >= 15 is 0 Å². The van der Waals surface area contributed by atoms with E-state index in [0.717, 1.165) is 10.2 Å². The highest BCUT2D eigenvalue weighted by atomic mass is 79.9. The normalized spacial score (nSPS) is 9.53. The Labute approximate surface area is 125 Å². The molecule has 0 atom stereocenters. The average Bonchev–Trinajstić information content (AvgIpc) is 2.28. The molecule has 100 valence electrons. The number of rotatable bonds is 3. The zero-order valence-corrected chi connectivity index (χ0v) is 12.2. The number of benzene rings is 1. The molecule has 1 aromatic heterocycles. The Morgan fingerprint density at radius 2 is 2.11 bits per heavy atom. The highest BCUT2D eigenvalue weighted by molar-refractivity contribution is 9.10. The number of hydrogen-bond acceptors (Lipinski definition) is 2. The summed E-state index contributed by atoms with van der Waals surface area (Å²) in [6.45, 7) is 0.154. The van der Waals surface area contributed by atoms with Crippen molar-refractivity contribution in [1.29, 1.82) is 0 Å². The molecule has 2 N–H and O–H groups in total. The van der Waals surface area contributed by atoms with Gasteiger partial charge in [0.05, 0.1) is 0 Å². The monoisotopic (exact) mass is 342 g/mol. The van der Waals surface area contributed by atoms with Crippen molar-refractivity contribution in [3.63, 3.8) is 0 Å². The Kier molecular flexibility index (Phi) is 5.79. The lowest BCUT2D eigenvalue weighted by atomic mass is 10.3. The highest BCUT2D eigenvalue weighted by Gasteiger charge is 2.10. The number of halogens is 2. The number of anilines is 1. The van der Waals surface area contributed by atoms with Crippen molar-refractivity contribution in [2.24, 2.45) is 0 Å². The second-order valence-electron chi connectivity index (χ2n) is 3.79. The molecule has 1 amide bonds. The van der Waals surface area contributed by atoms with Crippen molar-refractivity contribution < 1.29 is 26.9 Å². The minimum atomic E-state index is -0.149. The number of hydrogen-bond donors (Lipinski definition) is 2. The van der Waals surface area contributed by atoms with E-state index in [9.17, 15) is 9.90 Å². The summed E-state index contributed by atoms with van der Waals surface area (Å²) in [5.41, 5.74) is 0.732. The third kappa shape index (κ3) is 4.89. The molecule has 0 saturated heterocycles. The molecule has 0 bridgehead atoms. The van der Waals surface area contributed by atoms with Crippen molar-refractivity contribution in [2.75, 3.05) is 5.32 Å². The van der Waals surface area contributed by atoms with Crippen LogP contribution >= 0.6 is 15.9 Å². The van der Waals surface area contributed by atoms with Crippen LogP contribution in [0.5, 0.6) is 5.75 Å². The summed E-state index contributed by atoms with van der Waals surface area (Å²) in [6.07, 6.45) is 3.22. The summed E-state index contributed by atoms with van der Waals surface area (Å²) in [7, 11) is 0. The number of carbonyl (C=O) groups is 1. The Hall–Kier alpha value is -1.59. The van der Waals surface area contributed by atoms with Crippen LogP contribution in [0.15, 0.2) is 53.3 Å².